The molecular formula is C15H17OP. The van der Waals surface area contributed by atoms with E-state index in [-0.39, 0.29) is 0 Å². The molecule has 2 aromatic carbocycles. The zero-order valence-corrected chi connectivity index (χ0v) is 11.3. The van der Waals surface area contributed by atoms with Gasteiger partial charge in [-0.25, -0.2) is 0 Å². The maximum atomic E-state index is 10.6. The highest BCUT2D eigenvalue weighted by Crippen LogP contribution is 2.36. The Morgan fingerprint density at radius 1 is 0.882 bits per heavy atom. The Kier molecular flexibility index (Phi) is 3.33. The lowest BCUT2D eigenvalue weighted by atomic mass is 9.98. The summed E-state index contributed by atoms with van der Waals surface area (Å²) in [5.41, 5.74) is 4.12. The lowest BCUT2D eigenvalue weighted by Crippen LogP contribution is -2.18. The smallest absolute Gasteiger partial charge is 0.128 e. The third kappa shape index (κ3) is 2.57. The van der Waals surface area contributed by atoms with E-state index in [0.29, 0.717) is 0 Å². The molecule has 0 bridgehead atoms. The van der Waals surface area contributed by atoms with E-state index in [1.807, 2.05) is 62.4 Å². The zero-order valence-electron chi connectivity index (χ0n) is 10.1. The van der Waals surface area contributed by atoms with Crippen LogP contribution >= 0.6 is 9.24 Å². The summed E-state index contributed by atoms with van der Waals surface area (Å²) >= 11 is 0. The van der Waals surface area contributed by atoms with Gasteiger partial charge in [-0.3, -0.25) is 0 Å². The van der Waals surface area contributed by atoms with Crippen molar-refractivity contribution in [1.29, 1.82) is 0 Å². The van der Waals surface area contributed by atoms with Crippen LogP contribution in [0.1, 0.15) is 22.3 Å². The van der Waals surface area contributed by atoms with Crippen LogP contribution in [0.15, 0.2) is 48.5 Å². The van der Waals surface area contributed by atoms with E-state index < -0.39 is 5.34 Å². The molecule has 17 heavy (non-hydrogen) atoms. The molecule has 0 aliphatic heterocycles. The summed E-state index contributed by atoms with van der Waals surface area (Å²) in [6.45, 7) is 4.07. The van der Waals surface area contributed by atoms with Crippen LogP contribution in [0.2, 0.25) is 0 Å². The van der Waals surface area contributed by atoms with E-state index in [0.717, 1.165) is 16.7 Å². The lowest BCUT2D eigenvalue weighted by Gasteiger charge is -2.24. The van der Waals surface area contributed by atoms with E-state index in [1.165, 1.54) is 5.56 Å². The van der Waals surface area contributed by atoms with Crippen molar-refractivity contribution in [3.05, 3.63) is 70.8 Å². The summed E-state index contributed by atoms with van der Waals surface area (Å²) in [7, 11) is 2.54. The molecule has 2 aromatic rings. The second kappa shape index (κ2) is 4.60. The van der Waals surface area contributed by atoms with Gasteiger partial charge in [-0.05, 0) is 25.0 Å². The third-order valence-corrected chi connectivity index (χ3v) is 3.62. The van der Waals surface area contributed by atoms with Gasteiger partial charge in [0.05, 0.1) is 0 Å². The van der Waals surface area contributed by atoms with Crippen LogP contribution in [0.3, 0.4) is 0 Å². The van der Waals surface area contributed by atoms with Crippen molar-refractivity contribution in [3.63, 3.8) is 0 Å². The molecule has 1 nitrogen and oxygen atoms in total. The molecule has 0 aromatic heterocycles. The number of hydrogen-bond donors (Lipinski definition) is 1. The Bertz CT molecular complexity index is 515. The number of hydrogen-bond acceptors (Lipinski definition) is 1. The predicted octanol–water partition coefficient (Wildman–Crippen LogP) is 3.37. The first-order valence-electron chi connectivity index (χ1n) is 5.66. The molecule has 2 atom stereocenters. The van der Waals surface area contributed by atoms with Gasteiger partial charge in [0.25, 0.3) is 0 Å². The Morgan fingerprint density at radius 3 is 2.12 bits per heavy atom. The first-order valence-corrected chi connectivity index (χ1v) is 6.23. The van der Waals surface area contributed by atoms with Gasteiger partial charge < -0.3 is 5.11 Å². The summed E-state index contributed by atoms with van der Waals surface area (Å²) in [4.78, 5) is 0. The molecule has 0 saturated heterocycles. The summed E-state index contributed by atoms with van der Waals surface area (Å²) in [6.07, 6.45) is 0. The molecule has 0 heterocycles. The average molecular weight is 244 g/mol. The van der Waals surface area contributed by atoms with Gasteiger partial charge in [0.1, 0.15) is 5.34 Å². The largest absolute Gasteiger partial charge is 0.377 e. The van der Waals surface area contributed by atoms with Gasteiger partial charge in [0.2, 0.25) is 0 Å². The van der Waals surface area contributed by atoms with E-state index in [2.05, 4.69) is 9.24 Å². The average Bonchev–Trinajstić information content (AvgIpc) is 2.29. The van der Waals surface area contributed by atoms with Crippen LogP contribution in [-0.4, -0.2) is 5.11 Å². The van der Waals surface area contributed by atoms with E-state index in [1.54, 1.807) is 0 Å². The Labute approximate surface area is 105 Å². The molecule has 0 saturated carbocycles. The highest BCUT2D eigenvalue weighted by molar-refractivity contribution is 7.18. The highest BCUT2D eigenvalue weighted by atomic mass is 31.0. The van der Waals surface area contributed by atoms with Gasteiger partial charge in [0.15, 0.2) is 0 Å². The molecule has 0 aliphatic rings. The van der Waals surface area contributed by atoms with E-state index in [9.17, 15) is 5.11 Å². The van der Waals surface area contributed by atoms with Crippen molar-refractivity contribution in [3.8, 4) is 0 Å². The number of aryl methyl sites for hydroxylation is 2. The van der Waals surface area contributed by atoms with Crippen molar-refractivity contribution < 1.29 is 5.11 Å². The molecule has 0 radical (unpaired) electrons. The molecular weight excluding hydrogens is 227 g/mol. The quantitative estimate of drug-likeness (QED) is 0.803. The molecule has 88 valence electrons. The molecule has 0 spiro atoms. The Hall–Kier alpha value is -1.17. The molecule has 2 rings (SSSR count). The monoisotopic (exact) mass is 244 g/mol. The van der Waals surface area contributed by atoms with Crippen molar-refractivity contribution in [2.75, 3.05) is 0 Å². The summed E-state index contributed by atoms with van der Waals surface area (Å²) < 4.78 is 0. The molecule has 0 aliphatic carbocycles. The number of rotatable bonds is 2. The maximum absolute atomic E-state index is 10.6. The van der Waals surface area contributed by atoms with Crippen molar-refractivity contribution in [2.45, 2.75) is 19.2 Å². The second-order valence-electron chi connectivity index (χ2n) is 4.50. The van der Waals surface area contributed by atoms with Crippen LogP contribution in [0.25, 0.3) is 0 Å². The van der Waals surface area contributed by atoms with Gasteiger partial charge in [-0.1, -0.05) is 68.9 Å². The van der Waals surface area contributed by atoms with Gasteiger partial charge >= 0.3 is 0 Å². The standard InChI is InChI=1S/C15H17OP/c1-11-6-8-13(9-7-11)15(16,17)14-5-3-4-12(2)10-14/h3-10,16H,17H2,1-2H3. The van der Waals surface area contributed by atoms with E-state index in [4.69, 9.17) is 0 Å². The fourth-order valence-electron chi connectivity index (χ4n) is 1.86. The lowest BCUT2D eigenvalue weighted by molar-refractivity contribution is 0.180. The van der Waals surface area contributed by atoms with Gasteiger partial charge in [-0.15, -0.1) is 0 Å². The summed E-state index contributed by atoms with van der Waals surface area (Å²) in [5, 5.41) is 9.62. The zero-order chi connectivity index (χ0) is 12.5. The fourth-order valence-corrected chi connectivity index (χ4v) is 2.23. The Balaban J connectivity index is 2.45. The highest BCUT2D eigenvalue weighted by Gasteiger charge is 2.25. The molecule has 0 amide bonds. The second-order valence-corrected chi connectivity index (χ2v) is 5.34. The number of benzene rings is 2. The van der Waals surface area contributed by atoms with Crippen molar-refractivity contribution in [2.24, 2.45) is 0 Å². The summed E-state index contributed by atoms with van der Waals surface area (Å²) in [6, 6.07) is 15.9. The molecule has 1 N–H and O–H groups in total. The van der Waals surface area contributed by atoms with Crippen LogP contribution < -0.4 is 0 Å². The Morgan fingerprint density at radius 2 is 1.53 bits per heavy atom. The minimum Gasteiger partial charge on any atom is -0.377 e. The van der Waals surface area contributed by atoms with Crippen LogP contribution in [0.4, 0.5) is 0 Å². The van der Waals surface area contributed by atoms with Gasteiger partial charge in [0, 0.05) is 0 Å². The molecule has 2 unspecified atom stereocenters. The van der Waals surface area contributed by atoms with Crippen LogP contribution in [-0.2, 0) is 5.34 Å². The minimum absolute atomic E-state index is 0.888. The topological polar surface area (TPSA) is 20.2 Å². The van der Waals surface area contributed by atoms with E-state index >= 15 is 0 Å². The first-order chi connectivity index (χ1) is 8.00. The molecule has 0 fully saturated rings. The number of aliphatic hydroxyl groups is 1. The fraction of sp³-hybridized carbons (Fsp3) is 0.200. The van der Waals surface area contributed by atoms with Crippen molar-refractivity contribution in [1.82, 2.24) is 0 Å². The maximum Gasteiger partial charge on any atom is 0.128 e. The predicted molar refractivity (Wildman–Crippen MR) is 75.1 cm³/mol. The SMILES string of the molecule is Cc1ccc(C(O)(P)c2cccc(C)c2)cc1. The van der Waals surface area contributed by atoms with Gasteiger partial charge in [-0.2, -0.15) is 0 Å². The minimum atomic E-state index is -1.01. The van der Waals surface area contributed by atoms with Crippen LogP contribution in [0.5, 0.6) is 0 Å². The normalized spacial score (nSPS) is 14.4. The van der Waals surface area contributed by atoms with Crippen LogP contribution in [0, 0.1) is 13.8 Å². The first kappa shape index (κ1) is 12.3. The molecule has 2 heteroatoms. The summed E-state index contributed by atoms with van der Waals surface area (Å²) in [5.74, 6) is 0. The van der Waals surface area contributed by atoms with Crippen molar-refractivity contribution >= 4 is 9.24 Å². The third-order valence-electron chi connectivity index (χ3n) is 2.95.